The van der Waals surface area contributed by atoms with Crippen LogP contribution in [-0.4, -0.2) is 32.0 Å². The molecule has 1 saturated heterocycles. The van der Waals surface area contributed by atoms with Crippen LogP contribution in [0.1, 0.15) is 31.2 Å². The minimum atomic E-state index is 0.263. The van der Waals surface area contributed by atoms with Gasteiger partial charge in [-0.3, -0.25) is 4.79 Å². The fourth-order valence-electron chi connectivity index (χ4n) is 3.43. The third kappa shape index (κ3) is 3.04. The number of benzene rings is 1. The topological polar surface area (TPSA) is 32.3 Å². The molecule has 108 valence electrons. The van der Waals surface area contributed by atoms with E-state index in [1.807, 2.05) is 0 Å². The Morgan fingerprint density at radius 2 is 2.10 bits per heavy atom. The molecule has 0 radical (unpaired) electrons. The first kappa shape index (κ1) is 13.6. The van der Waals surface area contributed by atoms with E-state index in [-0.39, 0.29) is 5.92 Å². The number of Topliss-reactive ketones (excluding diaryl/α,β-unsaturated/α-hetero) is 1. The molecule has 3 heteroatoms. The average molecular weight is 272 g/mol. The summed E-state index contributed by atoms with van der Waals surface area (Å²) in [5, 5.41) is 3.39. The van der Waals surface area contributed by atoms with Gasteiger partial charge in [0.2, 0.25) is 0 Å². The molecule has 1 N–H and O–H groups in total. The predicted octanol–water partition coefficient (Wildman–Crippen LogP) is 2.40. The van der Waals surface area contributed by atoms with E-state index in [4.69, 9.17) is 0 Å². The summed E-state index contributed by atoms with van der Waals surface area (Å²) in [6.45, 7) is 3.68. The van der Waals surface area contributed by atoms with Crippen LogP contribution in [0.3, 0.4) is 0 Å². The number of para-hydroxylation sites is 1. The standard InChI is InChI=1S/C17H24N2O/c20-17(15-6-3-10-18-11-9-15)13-19-12-4-7-14-5-1-2-8-16(14)19/h1-2,5,8,15,18H,3-4,6-7,9-13H2. The number of rotatable bonds is 3. The Morgan fingerprint density at radius 3 is 3.05 bits per heavy atom. The van der Waals surface area contributed by atoms with Gasteiger partial charge < -0.3 is 10.2 Å². The largest absolute Gasteiger partial charge is 0.364 e. The Morgan fingerprint density at radius 1 is 1.20 bits per heavy atom. The van der Waals surface area contributed by atoms with E-state index in [0.29, 0.717) is 12.3 Å². The lowest BCUT2D eigenvalue weighted by Crippen LogP contribution is -2.37. The highest BCUT2D eigenvalue weighted by Crippen LogP contribution is 2.27. The van der Waals surface area contributed by atoms with Crippen molar-refractivity contribution in [2.75, 3.05) is 31.1 Å². The van der Waals surface area contributed by atoms with Crippen molar-refractivity contribution < 1.29 is 4.79 Å². The number of aryl methyl sites for hydroxylation is 1. The third-order valence-corrected chi connectivity index (χ3v) is 4.58. The summed E-state index contributed by atoms with van der Waals surface area (Å²) in [4.78, 5) is 14.9. The Hall–Kier alpha value is -1.35. The fraction of sp³-hybridized carbons (Fsp3) is 0.588. The van der Waals surface area contributed by atoms with Crippen molar-refractivity contribution in [1.29, 1.82) is 0 Å². The molecule has 2 heterocycles. The first-order valence-corrected chi connectivity index (χ1v) is 7.91. The maximum atomic E-state index is 12.6. The van der Waals surface area contributed by atoms with Gasteiger partial charge in [0, 0.05) is 18.2 Å². The highest BCUT2D eigenvalue weighted by atomic mass is 16.1. The number of anilines is 1. The summed E-state index contributed by atoms with van der Waals surface area (Å²) < 4.78 is 0. The van der Waals surface area contributed by atoms with Gasteiger partial charge in [0.15, 0.2) is 5.78 Å². The summed E-state index contributed by atoms with van der Waals surface area (Å²) in [5.41, 5.74) is 2.67. The molecule has 3 rings (SSSR count). The summed E-state index contributed by atoms with van der Waals surface area (Å²) in [6.07, 6.45) is 5.51. The molecule has 2 aliphatic heterocycles. The number of nitrogens with one attached hydrogen (secondary N) is 1. The molecule has 0 bridgehead atoms. The molecule has 1 aromatic carbocycles. The van der Waals surface area contributed by atoms with Gasteiger partial charge in [-0.1, -0.05) is 18.2 Å². The van der Waals surface area contributed by atoms with Crippen molar-refractivity contribution in [3.8, 4) is 0 Å². The molecule has 0 amide bonds. The SMILES string of the molecule is O=C(CN1CCCc2ccccc21)C1CCCNCC1. The lowest BCUT2D eigenvalue weighted by molar-refractivity contribution is -0.121. The van der Waals surface area contributed by atoms with E-state index in [1.54, 1.807) is 0 Å². The number of ketones is 1. The molecule has 1 fully saturated rings. The first-order chi connectivity index (χ1) is 9.84. The van der Waals surface area contributed by atoms with E-state index in [1.165, 1.54) is 11.3 Å². The smallest absolute Gasteiger partial charge is 0.155 e. The van der Waals surface area contributed by atoms with Gasteiger partial charge in [0.05, 0.1) is 6.54 Å². The molecule has 1 atom stereocenters. The van der Waals surface area contributed by atoms with E-state index in [9.17, 15) is 4.79 Å². The van der Waals surface area contributed by atoms with Crippen LogP contribution in [-0.2, 0) is 11.2 Å². The lowest BCUT2D eigenvalue weighted by atomic mass is 9.94. The van der Waals surface area contributed by atoms with Gasteiger partial charge in [-0.2, -0.15) is 0 Å². The van der Waals surface area contributed by atoms with Crippen LogP contribution in [0.2, 0.25) is 0 Å². The van der Waals surface area contributed by atoms with E-state index >= 15 is 0 Å². The number of nitrogens with zero attached hydrogens (tertiary/aromatic N) is 1. The third-order valence-electron chi connectivity index (χ3n) is 4.58. The highest BCUT2D eigenvalue weighted by molar-refractivity contribution is 5.86. The Balaban J connectivity index is 1.67. The van der Waals surface area contributed by atoms with Gasteiger partial charge in [-0.15, -0.1) is 0 Å². The van der Waals surface area contributed by atoms with Gasteiger partial charge in [-0.25, -0.2) is 0 Å². The summed E-state index contributed by atoms with van der Waals surface area (Å²) in [7, 11) is 0. The van der Waals surface area contributed by atoms with Gasteiger partial charge in [0.25, 0.3) is 0 Å². The van der Waals surface area contributed by atoms with Crippen LogP contribution >= 0.6 is 0 Å². The van der Waals surface area contributed by atoms with Crippen LogP contribution in [0.25, 0.3) is 0 Å². The summed E-state index contributed by atoms with van der Waals surface area (Å²) in [5.74, 6) is 0.699. The molecule has 0 aliphatic carbocycles. The van der Waals surface area contributed by atoms with Crippen LogP contribution < -0.4 is 10.2 Å². The predicted molar refractivity (Wildman–Crippen MR) is 82.2 cm³/mol. The zero-order valence-corrected chi connectivity index (χ0v) is 12.1. The molecule has 2 aliphatic rings. The van der Waals surface area contributed by atoms with Crippen LogP contribution in [0.15, 0.2) is 24.3 Å². The molecule has 1 unspecified atom stereocenters. The summed E-state index contributed by atoms with van der Waals surface area (Å²) >= 11 is 0. The molecule has 0 aromatic heterocycles. The molecule has 3 nitrogen and oxygen atoms in total. The fourth-order valence-corrected chi connectivity index (χ4v) is 3.43. The normalized spacial score (nSPS) is 23.0. The molecular weight excluding hydrogens is 248 g/mol. The number of fused-ring (bicyclic) bond motifs is 1. The van der Waals surface area contributed by atoms with Crippen molar-refractivity contribution in [2.45, 2.75) is 32.1 Å². The monoisotopic (exact) mass is 272 g/mol. The van der Waals surface area contributed by atoms with E-state index in [0.717, 1.165) is 51.7 Å². The quantitative estimate of drug-likeness (QED) is 0.917. The van der Waals surface area contributed by atoms with Crippen molar-refractivity contribution in [3.63, 3.8) is 0 Å². The summed E-state index contributed by atoms with van der Waals surface area (Å²) in [6, 6.07) is 8.54. The van der Waals surface area contributed by atoms with E-state index in [2.05, 4.69) is 34.5 Å². The number of carbonyl (C=O) groups excluding carboxylic acids is 1. The average Bonchev–Trinajstić information content (AvgIpc) is 2.77. The maximum absolute atomic E-state index is 12.6. The zero-order valence-electron chi connectivity index (χ0n) is 12.1. The second-order valence-electron chi connectivity index (χ2n) is 6.00. The van der Waals surface area contributed by atoms with Gasteiger partial charge in [-0.05, 0) is 56.8 Å². The second kappa shape index (κ2) is 6.40. The highest BCUT2D eigenvalue weighted by Gasteiger charge is 2.24. The number of hydrogen-bond donors (Lipinski definition) is 1. The van der Waals surface area contributed by atoms with Crippen LogP contribution in [0.5, 0.6) is 0 Å². The van der Waals surface area contributed by atoms with Crippen molar-refractivity contribution >= 4 is 11.5 Å². The second-order valence-corrected chi connectivity index (χ2v) is 6.00. The minimum Gasteiger partial charge on any atom is -0.364 e. The minimum absolute atomic E-state index is 0.263. The van der Waals surface area contributed by atoms with Crippen molar-refractivity contribution in [2.24, 2.45) is 5.92 Å². The van der Waals surface area contributed by atoms with Gasteiger partial charge in [0.1, 0.15) is 0 Å². The maximum Gasteiger partial charge on any atom is 0.155 e. The lowest BCUT2D eigenvalue weighted by Gasteiger charge is -2.31. The van der Waals surface area contributed by atoms with E-state index < -0.39 is 0 Å². The first-order valence-electron chi connectivity index (χ1n) is 7.91. The van der Waals surface area contributed by atoms with Crippen molar-refractivity contribution in [3.05, 3.63) is 29.8 Å². The number of carbonyl (C=O) groups is 1. The van der Waals surface area contributed by atoms with Crippen molar-refractivity contribution in [1.82, 2.24) is 5.32 Å². The molecule has 0 spiro atoms. The Kier molecular flexibility index (Phi) is 4.36. The van der Waals surface area contributed by atoms with Crippen LogP contribution in [0.4, 0.5) is 5.69 Å². The molecular formula is C17H24N2O. The molecule has 1 aromatic rings. The number of hydrogen-bond acceptors (Lipinski definition) is 3. The Bertz CT molecular complexity index is 464. The van der Waals surface area contributed by atoms with Gasteiger partial charge >= 0.3 is 0 Å². The molecule has 20 heavy (non-hydrogen) atoms. The Labute approximate surface area is 121 Å². The zero-order chi connectivity index (χ0) is 13.8. The molecule has 0 saturated carbocycles. The van der Waals surface area contributed by atoms with Crippen LogP contribution in [0, 0.1) is 5.92 Å².